The van der Waals surface area contributed by atoms with Gasteiger partial charge in [0, 0.05) is 12.8 Å². The van der Waals surface area contributed by atoms with Gasteiger partial charge >= 0.3 is 19.8 Å². The first-order valence-corrected chi connectivity index (χ1v) is 15.9. The topological polar surface area (TPSA) is 119 Å². The van der Waals surface area contributed by atoms with E-state index in [4.69, 9.17) is 19.3 Å². The van der Waals surface area contributed by atoms with E-state index in [-0.39, 0.29) is 19.4 Å². The van der Waals surface area contributed by atoms with Crippen molar-refractivity contribution in [2.75, 3.05) is 13.2 Å². The van der Waals surface area contributed by atoms with Crippen molar-refractivity contribution in [1.82, 2.24) is 0 Å². The zero-order chi connectivity index (χ0) is 26.9. The molecule has 2 N–H and O–H groups in total. The molecule has 0 bridgehead atoms. The second kappa shape index (κ2) is 24.4. The Morgan fingerprint density at radius 2 is 1.06 bits per heavy atom. The van der Waals surface area contributed by atoms with Crippen LogP contribution in [-0.2, 0) is 28.2 Å². The fourth-order valence-electron chi connectivity index (χ4n) is 4.00. The SMILES string of the molecule is CCCCCCCCCCCCCCCCCCCCC(=O)OC(COC(=O)CC)COP(=O)(O)O. The van der Waals surface area contributed by atoms with Crippen LogP contribution in [0.3, 0.4) is 0 Å². The van der Waals surface area contributed by atoms with Gasteiger partial charge in [0.05, 0.1) is 6.61 Å². The Kier molecular flexibility index (Phi) is 23.7. The van der Waals surface area contributed by atoms with Crippen LogP contribution in [0, 0.1) is 0 Å². The first-order chi connectivity index (χ1) is 17.3. The first kappa shape index (κ1) is 35.0. The van der Waals surface area contributed by atoms with Gasteiger partial charge in [0.2, 0.25) is 0 Å². The molecule has 0 amide bonds. The number of phosphoric ester groups is 1. The third-order valence-corrected chi connectivity index (χ3v) is 6.67. The van der Waals surface area contributed by atoms with Gasteiger partial charge in [0.15, 0.2) is 6.10 Å². The molecule has 9 heteroatoms. The normalized spacial score (nSPS) is 12.4. The molecule has 0 aliphatic carbocycles. The van der Waals surface area contributed by atoms with Crippen molar-refractivity contribution in [3.8, 4) is 0 Å². The zero-order valence-electron chi connectivity index (χ0n) is 22.9. The maximum absolute atomic E-state index is 12.1. The smallest absolute Gasteiger partial charge is 0.462 e. The molecule has 0 rings (SSSR count). The Hall–Kier alpha value is -0.950. The summed E-state index contributed by atoms with van der Waals surface area (Å²) in [6.07, 6.45) is 22.2. The fourth-order valence-corrected chi connectivity index (χ4v) is 4.36. The van der Waals surface area contributed by atoms with E-state index >= 15 is 0 Å². The summed E-state index contributed by atoms with van der Waals surface area (Å²) in [5.41, 5.74) is 0. The lowest BCUT2D eigenvalue weighted by Gasteiger charge is -2.18. The Balaban J connectivity index is 3.63. The van der Waals surface area contributed by atoms with Crippen LogP contribution >= 0.6 is 7.82 Å². The molecule has 0 aromatic rings. The summed E-state index contributed by atoms with van der Waals surface area (Å²) in [7, 11) is -4.71. The molecule has 0 aromatic carbocycles. The molecule has 0 radical (unpaired) electrons. The van der Waals surface area contributed by atoms with Gasteiger partial charge in [-0.3, -0.25) is 14.1 Å². The first-order valence-electron chi connectivity index (χ1n) is 14.3. The largest absolute Gasteiger partial charge is 0.469 e. The Morgan fingerprint density at radius 1 is 0.639 bits per heavy atom. The van der Waals surface area contributed by atoms with Gasteiger partial charge in [-0.1, -0.05) is 123 Å². The highest BCUT2D eigenvalue weighted by Crippen LogP contribution is 2.35. The van der Waals surface area contributed by atoms with E-state index in [1.807, 2.05) is 0 Å². The van der Waals surface area contributed by atoms with Crippen LogP contribution in [0.5, 0.6) is 0 Å². The summed E-state index contributed by atoms with van der Waals surface area (Å²) < 4.78 is 25.4. The van der Waals surface area contributed by atoms with Crippen LogP contribution in [0.1, 0.15) is 142 Å². The average Bonchev–Trinajstić information content (AvgIpc) is 2.84. The summed E-state index contributed by atoms with van der Waals surface area (Å²) in [6.45, 7) is 3.05. The number of hydrogen-bond acceptors (Lipinski definition) is 6. The molecule has 0 saturated heterocycles. The number of ether oxygens (including phenoxy) is 2. The monoisotopic (exact) mass is 536 g/mol. The third kappa shape index (κ3) is 26.1. The Labute approximate surface area is 219 Å². The summed E-state index contributed by atoms with van der Waals surface area (Å²) in [5.74, 6) is -0.978. The third-order valence-electron chi connectivity index (χ3n) is 6.18. The van der Waals surface area contributed by atoms with Crippen LogP contribution in [-0.4, -0.2) is 41.0 Å². The molecule has 0 aliphatic heterocycles. The van der Waals surface area contributed by atoms with E-state index in [0.717, 1.165) is 12.8 Å². The molecule has 0 heterocycles. The zero-order valence-corrected chi connectivity index (χ0v) is 23.8. The van der Waals surface area contributed by atoms with E-state index in [9.17, 15) is 14.2 Å². The second-order valence-electron chi connectivity index (χ2n) is 9.70. The predicted octanol–water partition coefficient (Wildman–Crippen LogP) is 7.39. The lowest BCUT2D eigenvalue weighted by atomic mass is 10.0. The van der Waals surface area contributed by atoms with Crippen LogP contribution in [0.2, 0.25) is 0 Å². The average molecular weight is 537 g/mol. The fraction of sp³-hybridized carbons (Fsp3) is 0.926. The van der Waals surface area contributed by atoms with Gasteiger partial charge in [-0.25, -0.2) is 4.57 Å². The minimum absolute atomic E-state index is 0.152. The molecule has 214 valence electrons. The van der Waals surface area contributed by atoms with Gasteiger partial charge in [0.25, 0.3) is 0 Å². The van der Waals surface area contributed by atoms with E-state index in [1.165, 1.54) is 96.3 Å². The molecule has 8 nitrogen and oxygen atoms in total. The Morgan fingerprint density at radius 3 is 1.44 bits per heavy atom. The highest BCUT2D eigenvalue weighted by molar-refractivity contribution is 7.46. The van der Waals surface area contributed by atoms with Gasteiger partial charge in [0.1, 0.15) is 6.61 Å². The number of esters is 2. The quantitative estimate of drug-likeness (QED) is 0.0667. The van der Waals surface area contributed by atoms with Crippen molar-refractivity contribution < 1.29 is 37.9 Å². The van der Waals surface area contributed by atoms with Crippen molar-refractivity contribution in [3.05, 3.63) is 0 Å². The molecule has 36 heavy (non-hydrogen) atoms. The van der Waals surface area contributed by atoms with Gasteiger partial charge in [-0.2, -0.15) is 0 Å². The molecule has 1 unspecified atom stereocenters. The molecular formula is C27H53O8P. The van der Waals surface area contributed by atoms with Gasteiger partial charge in [-0.15, -0.1) is 0 Å². The van der Waals surface area contributed by atoms with Crippen molar-refractivity contribution in [2.45, 2.75) is 148 Å². The standard InChI is InChI=1S/C27H53O8P/c1-3-5-6-7-8-9-10-11-12-13-14-15-16-17-18-19-20-21-22-27(29)35-25(23-33-26(28)4-2)24-34-36(30,31)32/h25H,3-24H2,1-2H3,(H2,30,31,32). The van der Waals surface area contributed by atoms with E-state index in [2.05, 4.69) is 11.4 Å². The summed E-state index contributed by atoms with van der Waals surface area (Å²) in [4.78, 5) is 41.0. The van der Waals surface area contributed by atoms with E-state index < -0.39 is 32.5 Å². The molecule has 1 atom stereocenters. The molecular weight excluding hydrogens is 483 g/mol. The van der Waals surface area contributed by atoms with Crippen molar-refractivity contribution >= 4 is 19.8 Å². The maximum Gasteiger partial charge on any atom is 0.469 e. The number of hydrogen-bond donors (Lipinski definition) is 2. The number of rotatable bonds is 26. The molecule has 0 fully saturated rings. The predicted molar refractivity (Wildman–Crippen MR) is 143 cm³/mol. The Bertz CT molecular complexity index is 578. The summed E-state index contributed by atoms with van der Waals surface area (Å²) >= 11 is 0. The molecule has 0 aliphatic rings. The number of unbranched alkanes of at least 4 members (excludes halogenated alkanes) is 17. The van der Waals surface area contributed by atoms with Gasteiger partial charge in [-0.05, 0) is 6.42 Å². The lowest BCUT2D eigenvalue weighted by Crippen LogP contribution is -2.29. The van der Waals surface area contributed by atoms with Crippen LogP contribution in [0.4, 0.5) is 0 Å². The number of phosphoric acid groups is 1. The van der Waals surface area contributed by atoms with Crippen LogP contribution < -0.4 is 0 Å². The highest BCUT2D eigenvalue weighted by Gasteiger charge is 2.22. The van der Waals surface area contributed by atoms with Crippen LogP contribution in [0.15, 0.2) is 0 Å². The van der Waals surface area contributed by atoms with Crippen molar-refractivity contribution in [1.29, 1.82) is 0 Å². The van der Waals surface area contributed by atoms with Gasteiger partial charge < -0.3 is 19.3 Å². The summed E-state index contributed by atoms with van der Waals surface area (Å²) in [5, 5.41) is 0. The molecule has 0 aromatic heterocycles. The summed E-state index contributed by atoms with van der Waals surface area (Å²) in [6, 6.07) is 0. The van der Waals surface area contributed by atoms with Crippen molar-refractivity contribution in [2.24, 2.45) is 0 Å². The molecule has 0 spiro atoms. The van der Waals surface area contributed by atoms with E-state index in [0.29, 0.717) is 6.42 Å². The van der Waals surface area contributed by atoms with Crippen molar-refractivity contribution in [3.63, 3.8) is 0 Å². The minimum Gasteiger partial charge on any atom is -0.462 e. The van der Waals surface area contributed by atoms with E-state index in [1.54, 1.807) is 6.92 Å². The second-order valence-corrected chi connectivity index (χ2v) is 10.9. The number of carbonyl (C=O) groups is 2. The maximum atomic E-state index is 12.1. The minimum atomic E-state index is -4.71. The van der Waals surface area contributed by atoms with Crippen LogP contribution in [0.25, 0.3) is 0 Å². The lowest BCUT2D eigenvalue weighted by molar-refractivity contribution is -0.161. The highest BCUT2D eigenvalue weighted by atomic mass is 31.2. The number of carbonyl (C=O) groups excluding carboxylic acids is 2. The molecule has 0 saturated carbocycles.